The molecule has 0 atom stereocenters. The molecule has 2 aromatic heterocycles. The lowest BCUT2D eigenvalue weighted by Crippen LogP contribution is -2.10. The van der Waals surface area contributed by atoms with E-state index in [9.17, 15) is 21.6 Å². The summed E-state index contributed by atoms with van der Waals surface area (Å²) in [7, 11) is -3.34. The first-order valence-electron chi connectivity index (χ1n) is 7.31. The Bertz CT molecular complexity index is 1160. The van der Waals surface area contributed by atoms with Crippen molar-refractivity contribution in [3.63, 3.8) is 0 Å². The molecule has 15 heteroatoms. The van der Waals surface area contributed by atoms with Crippen LogP contribution in [0.1, 0.15) is 5.82 Å². The van der Waals surface area contributed by atoms with Crippen molar-refractivity contribution in [2.24, 2.45) is 0 Å². The van der Waals surface area contributed by atoms with Crippen LogP contribution in [0.15, 0.2) is 29.3 Å². The number of halogens is 5. The fourth-order valence-corrected chi connectivity index (χ4v) is 3.25. The molecule has 29 heavy (non-hydrogen) atoms. The highest BCUT2D eigenvalue weighted by Crippen LogP contribution is 2.38. The third-order valence-electron chi connectivity index (χ3n) is 3.43. The lowest BCUT2D eigenvalue weighted by atomic mass is 10.2. The fraction of sp³-hybridized carbons (Fsp3) is 0.143. The van der Waals surface area contributed by atoms with Gasteiger partial charge in [-0.3, -0.25) is 4.55 Å². The van der Waals surface area contributed by atoms with Gasteiger partial charge in [0, 0.05) is 5.56 Å². The van der Waals surface area contributed by atoms with Gasteiger partial charge in [-0.25, -0.2) is 4.98 Å². The van der Waals surface area contributed by atoms with Crippen LogP contribution >= 0.6 is 23.2 Å². The zero-order valence-corrected chi connectivity index (χ0v) is 16.3. The molecule has 2 heterocycles. The molecule has 0 aliphatic heterocycles. The Balaban J connectivity index is 2.22. The van der Waals surface area contributed by atoms with Gasteiger partial charge in [-0.15, -0.1) is 15.3 Å². The molecule has 0 saturated heterocycles. The molecule has 0 aliphatic rings. The number of benzene rings is 1. The summed E-state index contributed by atoms with van der Waals surface area (Å²) in [5, 5.41) is 9.34. The highest BCUT2D eigenvalue weighted by Gasteiger charge is 2.38. The summed E-state index contributed by atoms with van der Waals surface area (Å²) in [6, 6.07) is 4.34. The average Bonchev–Trinajstić information content (AvgIpc) is 3.06. The summed E-state index contributed by atoms with van der Waals surface area (Å²) in [5.74, 6) is -2.04. The molecule has 3 rings (SSSR count). The molecule has 0 spiro atoms. The van der Waals surface area contributed by atoms with Gasteiger partial charge in [0.15, 0.2) is 17.4 Å². The molecule has 1 aromatic carbocycles. The Morgan fingerprint density at radius 3 is 2.21 bits per heavy atom. The van der Waals surface area contributed by atoms with E-state index in [-0.39, 0.29) is 33.0 Å². The minimum atomic E-state index is -4.89. The summed E-state index contributed by atoms with van der Waals surface area (Å²) in [6.07, 6.45) is -4.89. The Kier molecular flexibility index (Phi) is 5.42. The summed E-state index contributed by atoms with van der Waals surface area (Å²) >= 11 is 12.1. The average molecular weight is 470 g/mol. The van der Waals surface area contributed by atoms with Gasteiger partial charge >= 0.3 is 16.3 Å². The number of alkyl halides is 3. The summed E-state index contributed by atoms with van der Waals surface area (Å²) in [5.41, 5.74) is 0.0458. The van der Waals surface area contributed by atoms with Crippen molar-refractivity contribution in [2.75, 3.05) is 7.11 Å². The highest BCUT2D eigenvalue weighted by molar-refractivity contribution is 7.85. The maximum Gasteiger partial charge on any atom is 0.453 e. The zero-order chi connectivity index (χ0) is 21.6. The smallest absolute Gasteiger partial charge is 0.453 e. The van der Waals surface area contributed by atoms with Gasteiger partial charge in [0.25, 0.3) is 5.82 Å². The third kappa shape index (κ3) is 4.27. The van der Waals surface area contributed by atoms with Gasteiger partial charge < -0.3 is 4.74 Å². The SMILES string of the molecule is COc1c(Cl)cc(-c2nc(C(F)(F)F)nn2-c2ccc(S(=O)(=O)O)nn2)cc1Cl. The second kappa shape index (κ2) is 7.40. The number of ether oxygens (including phenoxy) is 1. The molecule has 0 bridgehead atoms. The first-order valence-corrected chi connectivity index (χ1v) is 9.50. The lowest BCUT2D eigenvalue weighted by molar-refractivity contribution is -0.144. The van der Waals surface area contributed by atoms with Gasteiger partial charge in [-0.1, -0.05) is 23.2 Å². The number of hydrogen-bond donors (Lipinski definition) is 1. The molecule has 0 amide bonds. The molecular weight excluding hydrogens is 462 g/mol. The van der Waals surface area contributed by atoms with E-state index in [4.69, 9.17) is 32.5 Å². The minimum Gasteiger partial charge on any atom is -0.494 e. The van der Waals surface area contributed by atoms with Crippen molar-refractivity contribution in [3.8, 4) is 23.0 Å². The van der Waals surface area contributed by atoms with Crippen LogP contribution in [0.2, 0.25) is 10.0 Å². The predicted octanol–water partition coefficient (Wildman–Crippen LogP) is 3.31. The summed E-state index contributed by atoms with van der Waals surface area (Å²) in [6.45, 7) is 0. The maximum atomic E-state index is 13.2. The van der Waals surface area contributed by atoms with E-state index in [1.54, 1.807) is 0 Å². The van der Waals surface area contributed by atoms with Crippen LogP contribution in [0.3, 0.4) is 0 Å². The van der Waals surface area contributed by atoms with Gasteiger partial charge in [-0.2, -0.15) is 26.3 Å². The van der Waals surface area contributed by atoms with Gasteiger partial charge in [0.2, 0.25) is 5.03 Å². The largest absolute Gasteiger partial charge is 0.494 e. The van der Waals surface area contributed by atoms with E-state index >= 15 is 0 Å². The number of hydrogen-bond acceptors (Lipinski definition) is 7. The second-order valence-electron chi connectivity index (χ2n) is 5.35. The molecule has 0 aliphatic carbocycles. The number of rotatable bonds is 4. The van der Waals surface area contributed by atoms with Gasteiger partial charge in [0.1, 0.15) is 0 Å². The molecular formula is C14H8Cl2F3N5O4S. The minimum absolute atomic E-state index is 0.00548. The van der Waals surface area contributed by atoms with Gasteiger partial charge in [-0.05, 0) is 24.3 Å². The quantitative estimate of drug-likeness (QED) is 0.577. The molecule has 0 fully saturated rings. The Labute approximate surface area is 170 Å². The predicted molar refractivity (Wildman–Crippen MR) is 93.8 cm³/mol. The molecule has 0 unspecified atom stereocenters. The monoisotopic (exact) mass is 469 g/mol. The van der Waals surface area contributed by atoms with Crippen LogP contribution in [-0.4, -0.2) is 45.0 Å². The topological polar surface area (TPSA) is 120 Å². The Morgan fingerprint density at radius 2 is 1.76 bits per heavy atom. The number of methoxy groups -OCH3 is 1. The zero-order valence-electron chi connectivity index (χ0n) is 14.0. The number of aromatic nitrogens is 5. The van der Waals surface area contributed by atoms with Crippen molar-refractivity contribution < 1.29 is 30.9 Å². The molecule has 3 aromatic rings. The highest BCUT2D eigenvalue weighted by atomic mass is 35.5. The van der Waals surface area contributed by atoms with E-state index in [0.29, 0.717) is 4.68 Å². The van der Waals surface area contributed by atoms with Crippen LogP contribution < -0.4 is 4.74 Å². The first kappa shape index (κ1) is 21.2. The molecule has 0 saturated carbocycles. The third-order valence-corrected chi connectivity index (χ3v) is 4.74. The number of nitrogens with zero attached hydrogens (tertiary/aromatic N) is 5. The Morgan fingerprint density at radius 1 is 1.14 bits per heavy atom. The molecule has 0 radical (unpaired) electrons. The summed E-state index contributed by atoms with van der Waals surface area (Å²) < 4.78 is 76.2. The Hall–Kier alpha value is -2.48. The van der Waals surface area contributed by atoms with Crippen molar-refractivity contribution >= 4 is 33.3 Å². The second-order valence-corrected chi connectivity index (χ2v) is 7.53. The van der Waals surface area contributed by atoms with Crippen LogP contribution in [-0.2, 0) is 16.3 Å². The van der Waals surface area contributed by atoms with Crippen LogP contribution in [0.25, 0.3) is 17.2 Å². The summed E-state index contributed by atoms with van der Waals surface area (Å²) in [4.78, 5) is 3.47. The van der Waals surface area contributed by atoms with Crippen molar-refractivity contribution in [1.29, 1.82) is 0 Å². The molecule has 154 valence electrons. The van der Waals surface area contributed by atoms with Crippen LogP contribution in [0.4, 0.5) is 13.2 Å². The van der Waals surface area contributed by atoms with E-state index in [0.717, 1.165) is 12.1 Å². The van der Waals surface area contributed by atoms with E-state index in [1.807, 2.05) is 0 Å². The van der Waals surface area contributed by atoms with Crippen molar-refractivity contribution in [2.45, 2.75) is 11.2 Å². The fourth-order valence-electron chi connectivity index (χ4n) is 2.23. The van der Waals surface area contributed by atoms with Crippen molar-refractivity contribution in [3.05, 3.63) is 40.1 Å². The normalized spacial score (nSPS) is 12.2. The molecule has 9 nitrogen and oxygen atoms in total. The van der Waals surface area contributed by atoms with E-state index in [2.05, 4.69) is 20.3 Å². The van der Waals surface area contributed by atoms with Crippen LogP contribution in [0.5, 0.6) is 5.75 Å². The van der Waals surface area contributed by atoms with E-state index in [1.165, 1.54) is 19.2 Å². The lowest BCUT2D eigenvalue weighted by Gasteiger charge is -2.09. The molecule has 1 N–H and O–H groups in total. The van der Waals surface area contributed by atoms with Crippen molar-refractivity contribution in [1.82, 2.24) is 25.0 Å². The van der Waals surface area contributed by atoms with Crippen LogP contribution in [0, 0.1) is 0 Å². The standard InChI is InChI=1S/C14H8Cl2F3N5O4S/c1-28-11-7(15)4-6(5-8(11)16)12-20-13(14(17,18)19)23-24(12)9-2-3-10(22-21-9)29(25,26)27/h2-5H,1H3,(H,25,26,27). The van der Waals surface area contributed by atoms with Gasteiger partial charge in [0.05, 0.1) is 17.2 Å². The maximum absolute atomic E-state index is 13.2. The van der Waals surface area contributed by atoms with E-state index < -0.39 is 27.1 Å². The first-order chi connectivity index (χ1) is 13.4.